The highest BCUT2D eigenvalue weighted by atomic mass is 79.9. The summed E-state index contributed by atoms with van der Waals surface area (Å²) in [7, 11) is 1.66. The van der Waals surface area contributed by atoms with Gasteiger partial charge in [-0.25, -0.2) is 0 Å². The van der Waals surface area contributed by atoms with Gasteiger partial charge in [-0.2, -0.15) is 5.10 Å². The van der Waals surface area contributed by atoms with E-state index in [0.717, 1.165) is 34.6 Å². The van der Waals surface area contributed by atoms with Crippen molar-refractivity contribution in [1.29, 1.82) is 0 Å². The first-order chi connectivity index (χ1) is 13.1. The number of ether oxygens (including phenoxy) is 1. The average Bonchev–Trinajstić information content (AvgIpc) is 3.38. The molecule has 4 aromatic rings. The molecule has 1 aromatic carbocycles. The number of nitrogens with zero attached hydrogens (tertiary/aromatic N) is 2. The molecule has 0 spiro atoms. The summed E-state index contributed by atoms with van der Waals surface area (Å²) in [5.74, 6) is 1.08. The van der Waals surface area contributed by atoms with E-state index in [-0.39, 0.29) is 11.7 Å². The zero-order valence-corrected chi connectivity index (χ0v) is 16.3. The Kier molecular flexibility index (Phi) is 4.49. The minimum Gasteiger partial charge on any atom is -0.496 e. The first-order valence-electron chi connectivity index (χ1n) is 8.39. The Morgan fingerprint density at radius 2 is 2.19 bits per heavy atom. The summed E-state index contributed by atoms with van der Waals surface area (Å²) in [5.41, 5.74) is 2.84. The number of rotatable bonds is 5. The Hall–Kier alpha value is -3.00. The lowest BCUT2D eigenvalue weighted by Crippen LogP contribution is -2.10. The maximum Gasteiger partial charge on any atom is 0.292 e. The van der Waals surface area contributed by atoms with Crippen LogP contribution in [0.2, 0.25) is 0 Å². The molecular weight excluding hydrogens is 412 g/mol. The van der Waals surface area contributed by atoms with Crippen molar-refractivity contribution < 1.29 is 13.9 Å². The Morgan fingerprint density at radius 3 is 2.89 bits per heavy atom. The third-order valence-electron chi connectivity index (χ3n) is 4.33. The number of carbonyl (C=O) groups excluding carboxylic acids is 1. The molecule has 0 aliphatic rings. The summed E-state index contributed by atoms with van der Waals surface area (Å²) in [6.07, 6.45) is 0. The van der Waals surface area contributed by atoms with E-state index in [1.165, 1.54) is 0 Å². The summed E-state index contributed by atoms with van der Waals surface area (Å²) in [4.78, 5) is 12.2. The van der Waals surface area contributed by atoms with Crippen LogP contribution in [0.4, 0.5) is 5.82 Å². The van der Waals surface area contributed by atoms with Crippen LogP contribution in [0.25, 0.3) is 22.3 Å². The minimum absolute atomic E-state index is 0.207. The molecule has 0 radical (unpaired) electrons. The lowest BCUT2D eigenvalue weighted by Gasteiger charge is -2.06. The number of hydrogen-bond acceptors (Lipinski definition) is 4. The highest BCUT2D eigenvalue weighted by Gasteiger charge is 2.16. The third kappa shape index (κ3) is 3.12. The molecule has 0 atom stereocenters. The number of furan rings is 1. The highest BCUT2D eigenvalue weighted by Crippen LogP contribution is 2.33. The van der Waals surface area contributed by atoms with E-state index in [1.54, 1.807) is 25.3 Å². The van der Waals surface area contributed by atoms with Crippen molar-refractivity contribution in [2.24, 2.45) is 0 Å². The van der Waals surface area contributed by atoms with Gasteiger partial charge >= 0.3 is 0 Å². The molecule has 4 rings (SSSR count). The number of aryl methyl sites for hydroxylation is 1. The normalized spacial score (nSPS) is 11.1. The number of benzene rings is 1. The van der Waals surface area contributed by atoms with E-state index in [1.807, 2.05) is 12.1 Å². The lowest BCUT2D eigenvalue weighted by molar-refractivity contribution is 0.0995. The molecule has 1 amide bonds. The second-order valence-corrected chi connectivity index (χ2v) is 6.67. The minimum atomic E-state index is -0.364. The van der Waals surface area contributed by atoms with E-state index in [2.05, 4.69) is 55.1 Å². The number of H-pyrrole nitrogens is 1. The number of hydrogen-bond donors (Lipinski definition) is 2. The lowest BCUT2D eigenvalue weighted by atomic mass is 10.2. The molecular formula is C19H17BrN4O3. The Bertz CT molecular complexity index is 1130. The number of fused-ring (bicyclic) bond motifs is 1. The smallest absolute Gasteiger partial charge is 0.292 e. The van der Waals surface area contributed by atoms with Gasteiger partial charge in [-0.15, -0.1) is 0 Å². The van der Waals surface area contributed by atoms with Gasteiger partial charge in [0.15, 0.2) is 16.2 Å². The molecule has 0 saturated heterocycles. The van der Waals surface area contributed by atoms with Gasteiger partial charge < -0.3 is 19.0 Å². The van der Waals surface area contributed by atoms with Gasteiger partial charge in [-0.1, -0.05) is 6.07 Å². The molecule has 0 aliphatic heterocycles. The quantitative estimate of drug-likeness (QED) is 0.483. The summed E-state index contributed by atoms with van der Waals surface area (Å²) < 4.78 is 13.4. The predicted molar refractivity (Wildman–Crippen MR) is 106 cm³/mol. The molecule has 0 unspecified atom stereocenters. The fourth-order valence-electron chi connectivity index (χ4n) is 3.13. The Balaban J connectivity index is 1.68. The van der Waals surface area contributed by atoms with Crippen LogP contribution in [-0.2, 0) is 6.54 Å². The summed E-state index contributed by atoms with van der Waals surface area (Å²) >= 11 is 3.18. The molecule has 7 nitrogen and oxygen atoms in total. The van der Waals surface area contributed by atoms with Gasteiger partial charge in [-0.3, -0.25) is 9.89 Å². The summed E-state index contributed by atoms with van der Waals surface area (Å²) in [5, 5.41) is 10.9. The zero-order valence-electron chi connectivity index (χ0n) is 14.7. The van der Waals surface area contributed by atoms with E-state index in [0.29, 0.717) is 10.5 Å². The molecule has 3 heterocycles. The van der Waals surface area contributed by atoms with Gasteiger partial charge in [0.25, 0.3) is 5.91 Å². The van der Waals surface area contributed by atoms with E-state index in [9.17, 15) is 4.79 Å². The Labute approximate surface area is 163 Å². The SMILES string of the molecule is CCn1c(-c2cc(NC(=O)c3ccc(Br)o3)n[nH]2)cc2c(OC)cccc21. The fraction of sp³-hybridized carbons (Fsp3) is 0.158. The number of aromatic nitrogens is 3. The summed E-state index contributed by atoms with van der Waals surface area (Å²) in [6, 6.07) is 13.1. The number of halogens is 1. The number of carbonyl (C=O) groups is 1. The molecule has 0 fully saturated rings. The maximum absolute atomic E-state index is 12.2. The van der Waals surface area contributed by atoms with Crippen LogP contribution in [0, 0.1) is 0 Å². The zero-order chi connectivity index (χ0) is 19.0. The Morgan fingerprint density at radius 1 is 1.33 bits per heavy atom. The van der Waals surface area contributed by atoms with Crippen LogP contribution < -0.4 is 10.1 Å². The van der Waals surface area contributed by atoms with E-state index in [4.69, 9.17) is 9.15 Å². The number of anilines is 1. The second-order valence-electron chi connectivity index (χ2n) is 5.89. The van der Waals surface area contributed by atoms with E-state index < -0.39 is 0 Å². The molecule has 3 aromatic heterocycles. The van der Waals surface area contributed by atoms with Gasteiger partial charge in [0, 0.05) is 18.0 Å². The van der Waals surface area contributed by atoms with Crippen LogP contribution in [0.5, 0.6) is 5.75 Å². The van der Waals surface area contributed by atoms with Gasteiger partial charge in [0.05, 0.1) is 24.0 Å². The second kappa shape index (κ2) is 6.96. The molecule has 2 N–H and O–H groups in total. The van der Waals surface area contributed by atoms with Crippen LogP contribution in [0.15, 0.2) is 51.6 Å². The standard InChI is InChI=1S/C19H17BrN4O3/c1-3-24-13-5-4-6-15(26-2)11(13)9-14(24)12-10-18(23-22-12)21-19(25)16-7-8-17(20)27-16/h4-10H,3H2,1-2H3,(H2,21,22,23,25). The number of aromatic amines is 1. The first-order valence-corrected chi connectivity index (χ1v) is 9.18. The van der Waals surface area contributed by atoms with Crippen LogP contribution in [-0.4, -0.2) is 27.8 Å². The van der Waals surface area contributed by atoms with Gasteiger partial charge in [-0.05, 0) is 53.2 Å². The van der Waals surface area contributed by atoms with Crippen molar-refractivity contribution in [3.05, 3.63) is 52.9 Å². The first kappa shape index (κ1) is 17.4. The van der Waals surface area contributed by atoms with E-state index >= 15 is 0 Å². The number of methoxy groups -OCH3 is 1. The van der Waals surface area contributed by atoms with Crippen molar-refractivity contribution >= 4 is 38.6 Å². The third-order valence-corrected chi connectivity index (χ3v) is 4.76. The van der Waals surface area contributed by atoms with Crippen molar-refractivity contribution in [2.45, 2.75) is 13.5 Å². The summed E-state index contributed by atoms with van der Waals surface area (Å²) in [6.45, 7) is 2.86. The van der Waals surface area contributed by atoms with Crippen molar-refractivity contribution in [3.8, 4) is 17.1 Å². The topological polar surface area (TPSA) is 85.1 Å². The van der Waals surface area contributed by atoms with Crippen molar-refractivity contribution in [3.63, 3.8) is 0 Å². The predicted octanol–water partition coefficient (Wildman–Crippen LogP) is 4.67. The molecule has 8 heteroatoms. The largest absolute Gasteiger partial charge is 0.496 e. The number of nitrogens with one attached hydrogen (secondary N) is 2. The number of amides is 1. The van der Waals surface area contributed by atoms with Gasteiger partial charge in [0.1, 0.15) is 5.75 Å². The van der Waals surface area contributed by atoms with Crippen molar-refractivity contribution in [1.82, 2.24) is 14.8 Å². The van der Waals surface area contributed by atoms with Crippen LogP contribution in [0.3, 0.4) is 0 Å². The molecule has 0 bridgehead atoms. The maximum atomic E-state index is 12.2. The van der Waals surface area contributed by atoms with Crippen LogP contribution in [0.1, 0.15) is 17.5 Å². The molecule has 0 aliphatic carbocycles. The fourth-order valence-corrected chi connectivity index (χ4v) is 3.44. The van der Waals surface area contributed by atoms with Crippen LogP contribution >= 0.6 is 15.9 Å². The average molecular weight is 429 g/mol. The highest BCUT2D eigenvalue weighted by molar-refractivity contribution is 9.10. The monoisotopic (exact) mass is 428 g/mol. The van der Waals surface area contributed by atoms with Crippen molar-refractivity contribution in [2.75, 3.05) is 12.4 Å². The van der Waals surface area contributed by atoms with Gasteiger partial charge in [0.2, 0.25) is 0 Å². The molecule has 27 heavy (non-hydrogen) atoms. The molecule has 138 valence electrons. The molecule has 0 saturated carbocycles.